The van der Waals surface area contributed by atoms with E-state index in [-0.39, 0.29) is 43.4 Å². The molecule has 1 aliphatic rings. The summed E-state index contributed by atoms with van der Waals surface area (Å²) in [6.07, 6.45) is -0.196. The monoisotopic (exact) mass is 573 g/mol. The number of imidazole rings is 1. The Kier molecular flexibility index (Phi) is 8.23. The summed E-state index contributed by atoms with van der Waals surface area (Å²) in [6, 6.07) is 2.13. The van der Waals surface area contributed by atoms with Gasteiger partial charge in [0.2, 0.25) is 16.0 Å². The van der Waals surface area contributed by atoms with Crippen LogP contribution in [-0.4, -0.2) is 63.7 Å². The van der Waals surface area contributed by atoms with Crippen LogP contribution < -0.4 is 10.6 Å². The molecule has 0 spiro atoms. The molecule has 212 valence electrons. The van der Waals surface area contributed by atoms with E-state index in [1.54, 1.807) is 0 Å². The van der Waals surface area contributed by atoms with Gasteiger partial charge in [-0.05, 0) is 30.5 Å². The minimum atomic E-state index is -4.82. The highest BCUT2D eigenvalue weighted by Crippen LogP contribution is 2.36. The van der Waals surface area contributed by atoms with E-state index in [2.05, 4.69) is 25.6 Å². The third-order valence-corrected chi connectivity index (χ3v) is 7.53. The number of hydrogen-bond acceptors (Lipinski definition) is 7. The summed E-state index contributed by atoms with van der Waals surface area (Å²) in [7, 11) is -3.34. The Morgan fingerprint density at radius 3 is 2.31 bits per heavy atom. The zero-order valence-corrected chi connectivity index (χ0v) is 22.2. The molecule has 0 amide bonds. The molecule has 1 aliphatic heterocycles. The number of rotatable bonds is 8. The standard InChI is InChI=1S/C24H28F5N7O2S/c1-14(2)30-10-15-8-18(25)22(19(26)9-15)35-12-20(32-13-35)21-17(24(27,28)29)11-31-23(34-21)33-16-4-6-36(7-5-16)39(3,37)38/h8-9,11-14,16,30H,4-7,10H2,1-3H3,(H,31,33,34). The second-order valence-corrected chi connectivity index (χ2v) is 11.6. The highest BCUT2D eigenvalue weighted by molar-refractivity contribution is 7.88. The van der Waals surface area contributed by atoms with Crippen molar-refractivity contribution in [2.75, 3.05) is 24.7 Å². The molecule has 9 nitrogen and oxygen atoms in total. The van der Waals surface area contributed by atoms with E-state index in [0.29, 0.717) is 24.6 Å². The molecule has 0 aliphatic carbocycles. The number of halogens is 5. The van der Waals surface area contributed by atoms with Gasteiger partial charge in [0.15, 0.2) is 11.6 Å². The first-order valence-corrected chi connectivity index (χ1v) is 14.0. The van der Waals surface area contributed by atoms with Crippen LogP contribution in [0.15, 0.2) is 30.9 Å². The average molecular weight is 574 g/mol. The van der Waals surface area contributed by atoms with Crippen LogP contribution in [0, 0.1) is 11.6 Å². The van der Waals surface area contributed by atoms with E-state index in [4.69, 9.17) is 0 Å². The van der Waals surface area contributed by atoms with E-state index in [1.165, 1.54) is 4.31 Å². The summed E-state index contributed by atoms with van der Waals surface area (Å²) in [5, 5.41) is 6.01. The fourth-order valence-electron chi connectivity index (χ4n) is 4.22. The van der Waals surface area contributed by atoms with Crippen molar-refractivity contribution in [3.63, 3.8) is 0 Å². The Morgan fingerprint density at radius 2 is 1.74 bits per heavy atom. The summed E-state index contributed by atoms with van der Waals surface area (Å²) in [5.74, 6) is -1.91. The molecule has 2 aromatic heterocycles. The Hall–Kier alpha value is -3.17. The first-order chi connectivity index (χ1) is 18.2. The summed E-state index contributed by atoms with van der Waals surface area (Å²) >= 11 is 0. The molecule has 15 heteroatoms. The largest absolute Gasteiger partial charge is 0.420 e. The number of sulfonamides is 1. The Bertz CT molecular complexity index is 1410. The molecule has 0 radical (unpaired) electrons. The van der Waals surface area contributed by atoms with Gasteiger partial charge in [0.25, 0.3) is 0 Å². The Balaban J connectivity index is 1.61. The van der Waals surface area contributed by atoms with Gasteiger partial charge in [-0.2, -0.15) is 13.2 Å². The molecule has 3 aromatic rings. The first kappa shape index (κ1) is 28.8. The van der Waals surface area contributed by atoms with Crippen molar-refractivity contribution in [2.45, 2.75) is 51.5 Å². The van der Waals surface area contributed by atoms with Gasteiger partial charge in [-0.25, -0.2) is 36.5 Å². The maximum Gasteiger partial charge on any atom is 0.420 e. The molecule has 39 heavy (non-hydrogen) atoms. The minimum absolute atomic E-state index is 0.0994. The van der Waals surface area contributed by atoms with E-state index >= 15 is 0 Å². The van der Waals surface area contributed by atoms with Crippen LogP contribution in [0.2, 0.25) is 0 Å². The summed E-state index contributed by atoms with van der Waals surface area (Å²) in [5.41, 5.74) is -2.10. The van der Waals surface area contributed by atoms with Crippen molar-refractivity contribution in [1.29, 1.82) is 0 Å². The van der Waals surface area contributed by atoms with Gasteiger partial charge in [-0.15, -0.1) is 0 Å². The molecule has 1 saturated heterocycles. The van der Waals surface area contributed by atoms with Crippen molar-refractivity contribution in [1.82, 2.24) is 29.1 Å². The SMILES string of the molecule is CC(C)NCc1cc(F)c(-n2cnc(-c3nc(NC4CCN(S(C)(=O)=O)CC4)ncc3C(F)(F)F)c2)c(F)c1. The van der Waals surface area contributed by atoms with Crippen molar-refractivity contribution in [2.24, 2.45) is 0 Å². The molecule has 0 unspecified atom stereocenters. The number of hydrogen-bond donors (Lipinski definition) is 2. The van der Waals surface area contributed by atoms with Gasteiger partial charge < -0.3 is 15.2 Å². The zero-order valence-electron chi connectivity index (χ0n) is 21.4. The van der Waals surface area contributed by atoms with Crippen molar-refractivity contribution < 1.29 is 30.4 Å². The number of anilines is 1. The third kappa shape index (κ3) is 6.89. The molecule has 1 aromatic carbocycles. The van der Waals surface area contributed by atoms with Gasteiger partial charge in [0.05, 0.1) is 6.26 Å². The molecule has 0 atom stereocenters. The summed E-state index contributed by atoms with van der Waals surface area (Å²) in [6.45, 7) is 4.51. The van der Waals surface area contributed by atoms with Gasteiger partial charge in [-0.3, -0.25) is 0 Å². The molecule has 4 rings (SSSR count). The molecule has 0 saturated carbocycles. The Morgan fingerprint density at radius 1 is 1.10 bits per heavy atom. The first-order valence-electron chi connectivity index (χ1n) is 12.1. The van der Waals surface area contributed by atoms with Gasteiger partial charge in [0.1, 0.15) is 29.0 Å². The normalized spacial score (nSPS) is 15.7. The van der Waals surface area contributed by atoms with Gasteiger partial charge in [0, 0.05) is 44.1 Å². The number of nitrogens with one attached hydrogen (secondary N) is 2. The van der Waals surface area contributed by atoms with Crippen LogP contribution in [-0.2, 0) is 22.7 Å². The maximum atomic E-state index is 14.9. The van der Waals surface area contributed by atoms with Crippen LogP contribution in [0.3, 0.4) is 0 Å². The fourth-order valence-corrected chi connectivity index (χ4v) is 5.10. The fraction of sp³-hybridized carbons (Fsp3) is 0.458. The number of aromatic nitrogens is 4. The van der Waals surface area contributed by atoms with Gasteiger partial charge >= 0.3 is 6.18 Å². The molecule has 2 N–H and O–H groups in total. The highest BCUT2D eigenvalue weighted by atomic mass is 32.2. The average Bonchev–Trinajstić information content (AvgIpc) is 3.31. The Labute approximate surface area is 222 Å². The lowest BCUT2D eigenvalue weighted by molar-refractivity contribution is -0.137. The van der Waals surface area contributed by atoms with Crippen LogP contribution in [0.25, 0.3) is 17.1 Å². The molecular weight excluding hydrogens is 545 g/mol. The van der Waals surface area contributed by atoms with E-state index in [1.807, 2.05) is 13.8 Å². The van der Waals surface area contributed by atoms with Crippen LogP contribution in [0.5, 0.6) is 0 Å². The van der Waals surface area contributed by atoms with Crippen molar-refractivity contribution >= 4 is 16.0 Å². The number of piperidine rings is 1. The maximum absolute atomic E-state index is 14.9. The highest BCUT2D eigenvalue weighted by Gasteiger charge is 2.36. The lowest BCUT2D eigenvalue weighted by Gasteiger charge is -2.30. The van der Waals surface area contributed by atoms with Crippen LogP contribution in [0.1, 0.15) is 37.8 Å². The lowest BCUT2D eigenvalue weighted by Crippen LogP contribution is -2.42. The van der Waals surface area contributed by atoms with E-state index in [0.717, 1.165) is 35.5 Å². The smallest absolute Gasteiger partial charge is 0.351 e. The zero-order chi connectivity index (χ0) is 28.5. The summed E-state index contributed by atoms with van der Waals surface area (Å²) < 4.78 is 96.8. The topological polar surface area (TPSA) is 105 Å². The number of benzene rings is 1. The van der Waals surface area contributed by atoms with Crippen molar-refractivity contribution in [3.8, 4) is 17.1 Å². The second kappa shape index (κ2) is 11.1. The van der Waals surface area contributed by atoms with Crippen LogP contribution in [0.4, 0.5) is 27.9 Å². The predicted octanol–water partition coefficient (Wildman–Crippen LogP) is 3.96. The minimum Gasteiger partial charge on any atom is -0.351 e. The molecule has 3 heterocycles. The number of nitrogens with zero attached hydrogens (tertiary/aromatic N) is 5. The quantitative estimate of drug-likeness (QED) is 0.393. The molecule has 0 bridgehead atoms. The van der Waals surface area contributed by atoms with E-state index < -0.39 is 44.8 Å². The van der Waals surface area contributed by atoms with Gasteiger partial charge in [-0.1, -0.05) is 13.8 Å². The van der Waals surface area contributed by atoms with Crippen molar-refractivity contribution in [3.05, 3.63) is 53.6 Å². The van der Waals surface area contributed by atoms with E-state index in [9.17, 15) is 30.4 Å². The second-order valence-electron chi connectivity index (χ2n) is 9.64. The van der Waals surface area contributed by atoms with Crippen LogP contribution >= 0.6 is 0 Å². The summed E-state index contributed by atoms with van der Waals surface area (Å²) in [4.78, 5) is 11.8. The lowest BCUT2D eigenvalue weighted by atomic mass is 10.1. The number of alkyl halides is 3. The third-order valence-electron chi connectivity index (χ3n) is 6.22. The molecule has 1 fully saturated rings. The predicted molar refractivity (Wildman–Crippen MR) is 135 cm³/mol. The molecular formula is C24H28F5N7O2S.